The van der Waals surface area contributed by atoms with Crippen LogP contribution in [0.5, 0.6) is 0 Å². The summed E-state index contributed by atoms with van der Waals surface area (Å²) in [4.78, 5) is 14.2. The number of allylic oxidation sites excluding steroid dienone is 5. The Hall–Kier alpha value is -1.50. The molecule has 5 nitrogen and oxygen atoms in total. The Morgan fingerprint density at radius 3 is 2.33 bits per heavy atom. The van der Waals surface area contributed by atoms with Crippen LogP contribution in [0, 0.1) is 62.1 Å². The molecule has 0 spiro atoms. The van der Waals surface area contributed by atoms with Gasteiger partial charge in [0, 0.05) is 25.0 Å². The number of halogens is 1. The number of nitrogens with zero attached hydrogens (tertiary/aromatic N) is 1. The molecule has 0 heterocycles. The van der Waals surface area contributed by atoms with Gasteiger partial charge in [0.05, 0.1) is 11.5 Å². The molecule has 4 fully saturated rings. The molecule has 49 heavy (non-hydrogen) atoms. The molecular weight excluding hydrogens is 611 g/mol. The Morgan fingerprint density at radius 1 is 0.980 bits per heavy atom. The van der Waals surface area contributed by atoms with Crippen LogP contribution in [-0.4, -0.2) is 67.6 Å². The lowest BCUT2D eigenvalue weighted by atomic mass is 9.32. The number of rotatable bonds is 10. The maximum atomic E-state index is 14.0. The lowest BCUT2D eigenvalue weighted by Gasteiger charge is -2.72. The molecule has 3 N–H and O–H groups in total. The predicted octanol–water partition coefficient (Wildman–Crippen LogP) is 8.84. The Morgan fingerprint density at radius 2 is 1.71 bits per heavy atom. The van der Waals surface area contributed by atoms with E-state index in [0.717, 1.165) is 38.8 Å². The number of alkyl halides is 1. The van der Waals surface area contributed by atoms with E-state index in [2.05, 4.69) is 84.6 Å². The topological polar surface area (TPSA) is 72.8 Å². The van der Waals surface area contributed by atoms with Gasteiger partial charge >= 0.3 is 5.97 Å². The van der Waals surface area contributed by atoms with E-state index in [4.69, 9.17) is 0 Å². The van der Waals surface area contributed by atoms with E-state index in [0.29, 0.717) is 55.4 Å². The average Bonchev–Trinajstić information content (AvgIpc) is 3.44. The number of aliphatic hydroxyl groups is 1. The van der Waals surface area contributed by atoms with E-state index in [9.17, 15) is 19.4 Å². The number of aliphatic carboxylic acids is 1. The first kappa shape index (κ1) is 37.3. The summed E-state index contributed by atoms with van der Waals surface area (Å²) in [6, 6.07) is 0. The third-order valence-electron chi connectivity index (χ3n) is 17.1. The highest BCUT2D eigenvalue weighted by atomic mass is 19.1. The largest absolute Gasteiger partial charge is 0.481 e. The maximum Gasteiger partial charge on any atom is 0.312 e. The smallest absolute Gasteiger partial charge is 0.312 e. The van der Waals surface area contributed by atoms with Crippen molar-refractivity contribution in [1.29, 1.82) is 0 Å². The zero-order valence-electron chi connectivity index (χ0n) is 32.3. The fourth-order valence-electron chi connectivity index (χ4n) is 14.2. The normalized spacial score (nSPS) is 44.9. The first-order valence-electron chi connectivity index (χ1n) is 19.8. The van der Waals surface area contributed by atoms with E-state index < -0.39 is 18.1 Å². The summed E-state index contributed by atoms with van der Waals surface area (Å²) >= 11 is 0. The molecule has 0 amide bonds. The zero-order chi connectivity index (χ0) is 35.8. The lowest BCUT2D eigenvalue weighted by molar-refractivity contribution is -0.235. The van der Waals surface area contributed by atoms with Gasteiger partial charge in [-0.15, -0.1) is 0 Å². The van der Waals surface area contributed by atoms with Gasteiger partial charge < -0.3 is 20.4 Å². The lowest BCUT2D eigenvalue weighted by Crippen LogP contribution is -2.66. The summed E-state index contributed by atoms with van der Waals surface area (Å²) in [6.45, 7) is 21.5. The first-order chi connectivity index (χ1) is 22.9. The predicted molar refractivity (Wildman–Crippen MR) is 198 cm³/mol. The van der Waals surface area contributed by atoms with Crippen molar-refractivity contribution in [1.82, 2.24) is 10.2 Å². The van der Waals surface area contributed by atoms with Crippen LogP contribution in [0.25, 0.3) is 0 Å². The Bertz CT molecular complexity index is 1370. The Kier molecular flexibility index (Phi) is 9.78. The molecule has 6 heteroatoms. The number of aliphatic hydroxyl groups excluding tert-OH is 1. The number of fused-ring (bicyclic) bond motifs is 7. The molecule has 0 unspecified atom stereocenters. The summed E-state index contributed by atoms with van der Waals surface area (Å²) in [7, 11) is 4.21. The quantitative estimate of drug-likeness (QED) is 0.159. The van der Waals surface area contributed by atoms with Crippen LogP contribution in [0.4, 0.5) is 4.39 Å². The Balaban J connectivity index is 1.28. The van der Waals surface area contributed by atoms with Gasteiger partial charge in [-0.05, 0) is 160 Å². The summed E-state index contributed by atoms with van der Waals surface area (Å²) in [5.74, 6) is 1.78. The third kappa shape index (κ3) is 5.49. The SMILES string of the molecule is C=C(C)[C@@H]1CC[C@]2([C@H](O)CNCCN(C)C)CC[C@]3(C)[C@H](CC[C@@H]4[C@@]5(C)CC=C(C6=CC[C@](CF)(C(=O)O)CC6)C(C)(C)[C@@H]5CC[C@]43C)[C@@H]12. The number of carboxylic acid groups (broad SMARTS) is 1. The van der Waals surface area contributed by atoms with Crippen molar-refractivity contribution in [2.45, 2.75) is 125 Å². The molecule has 0 aromatic heterocycles. The van der Waals surface area contributed by atoms with Crippen molar-refractivity contribution in [2.24, 2.45) is 62.1 Å². The molecule has 11 atom stereocenters. The van der Waals surface area contributed by atoms with Gasteiger partial charge in [0.25, 0.3) is 0 Å². The number of nitrogens with one attached hydrogen (secondary N) is 1. The van der Waals surface area contributed by atoms with Crippen LogP contribution in [0.2, 0.25) is 0 Å². The Labute approximate surface area is 297 Å². The fraction of sp³-hybridized carbons (Fsp3) is 0.837. The highest BCUT2D eigenvalue weighted by molar-refractivity contribution is 5.75. The minimum Gasteiger partial charge on any atom is -0.481 e. The van der Waals surface area contributed by atoms with Crippen LogP contribution in [0.1, 0.15) is 119 Å². The molecule has 6 aliphatic carbocycles. The molecule has 0 radical (unpaired) electrons. The maximum absolute atomic E-state index is 14.0. The molecular formula is C43H69FN2O3. The van der Waals surface area contributed by atoms with Gasteiger partial charge in [0.1, 0.15) is 6.67 Å². The highest BCUT2D eigenvalue weighted by Gasteiger charge is 2.71. The number of carboxylic acids is 1. The van der Waals surface area contributed by atoms with E-state index >= 15 is 0 Å². The summed E-state index contributed by atoms with van der Waals surface area (Å²) in [5, 5.41) is 25.5. The van der Waals surface area contributed by atoms with Crippen LogP contribution in [0.3, 0.4) is 0 Å². The van der Waals surface area contributed by atoms with Crippen LogP contribution >= 0.6 is 0 Å². The second-order valence-corrected chi connectivity index (χ2v) is 19.6. The van der Waals surface area contributed by atoms with Crippen LogP contribution in [0.15, 0.2) is 35.5 Å². The minimum atomic E-state index is -1.25. The molecule has 6 rings (SSSR count). The second-order valence-electron chi connectivity index (χ2n) is 19.6. The van der Waals surface area contributed by atoms with Crippen molar-refractivity contribution in [3.63, 3.8) is 0 Å². The zero-order valence-corrected chi connectivity index (χ0v) is 32.3. The van der Waals surface area contributed by atoms with Crippen molar-refractivity contribution in [2.75, 3.05) is 40.4 Å². The van der Waals surface area contributed by atoms with Gasteiger partial charge in [0.15, 0.2) is 0 Å². The van der Waals surface area contributed by atoms with Gasteiger partial charge in [-0.3, -0.25) is 4.79 Å². The monoisotopic (exact) mass is 681 g/mol. The number of hydrogen-bond donors (Lipinski definition) is 3. The number of hydrogen-bond acceptors (Lipinski definition) is 4. The molecule has 276 valence electrons. The molecule has 0 aromatic carbocycles. The minimum absolute atomic E-state index is 0.0151. The average molecular weight is 681 g/mol. The van der Waals surface area contributed by atoms with Gasteiger partial charge in [-0.2, -0.15) is 0 Å². The van der Waals surface area contributed by atoms with E-state index in [1.807, 2.05) is 0 Å². The molecule has 0 aromatic rings. The molecule has 0 bridgehead atoms. The van der Waals surface area contributed by atoms with Crippen molar-refractivity contribution in [3.05, 3.63) is 35.5 Å². The van der Waals surface area contributed by atoms with Crippen LogP contribution in [-0.2, 0) is 4.79 Å². The fourth-order valence-corrected chi connectivity index (χ4v) is 14.2. The van der Waals surface area contributed by atoms with E-state index in [1.54, 1.807) is 0 Å². The second kappa shape index (κ2) is 12.9. The van der Waals surface area contributed by atoms with E-state index in [1.165, 1.54) is 48.8 Å². The van der Waals surface area contributed by atoms with Crippen LogP contribution < -0.4 is 5.32 Å². The van der Waals surface area contributed by atoms with Crippen molar-refractivity contribution >= 4 is 5.97 Å². The van der Waals surface area contributed by atoms with Gasteiger partial charge in [-0.25, -0.2) is 4.39 Å². The van der Waals surface area contributed by atoms with Crippen molar-refractivity contribution in [3.8, 4) is 0 Å². The summed E-state index contributed by atoms with van der Waals surface area (Å²) in [6.07, 6.45) is 16.3. The number of carbonyl (C=O) groups is 1. The first-order valence-corrected chi connectivity index (χ1v) is 19.8. The third-order valence-corrected chi connectivity index (χ3v) is 17.1. The van der Waals surface area contributed by atoms with Gasteiger partial charge in [-0.1, -0.05) is 58.9 Å². The molecule has 0 aliphatic heterocycles. The molecule has 6 aliphatic rings. The standard InChI is InChI=1S/C43H69FN2O3/c1-28(2)30-14-21-43(35(47)26-45-24-25-46(8)9)23-22-40(6)32(36(30)43)10-11-34-39(5)17-15-31(38(3,4)33(39)16-18-41(34,40)7)29-12-19-42(27-44,20-13-29)37(48)49/h12,15,30,32-36,45,47H,1,10-11,13-14,16-27H2,2-9H3,(H,48,49)/t30-,32+,33-,34+,35+,36+,39-,40+,41+,42-,43+/m0/s1. The highest BCUT2D eigenvalue weighted by Crippen LogP contribution is 2.78. The summed E-state index contributed by atoms with van der Waals surface area (Å²) < 4.78 is 14.0. The van der Waals surface area contributed by atoms with Crippen molar-refractivity contribution < 1.29 is 19.4 Å². The van der Waals surface area contributed by atoms with Gasteiger partial charge in [0.2, 0.25) is 0 Å². The summed E-state index contributed by atoms with van der Waals surface area (Å²) in [5.41, 5.74) is 3.36. The molecule has 0 saturated heterocycles. The number of likely N-dealkylation sites (N-methyl/N-ethyl adjacent to an activating group) is 1. The van der Waals surface area contributed by atoms with E-state index in [-0.39, 0.29) is 33.2 Å². The molecule has 4 saturated carbocycles.